The third kappa shape index (κ3) is 5.01. The SMILES string of the molecule is CCCOc1cc(N)cc(NC(C)C(CC)CC)c1. The summed E-state index contributed by atoms with van der Waals surface area (Å²) in [6.07, 6.45) is 3.38. The number of rotatable bonds is 8. The Labute approximate surface area is 117 Å². The molecular formula is C16H28N2O. The number of benzene rings is 1. The molecule has 0 saturated heterocycles. The summed E-state index contributed by atoms with van der Waals surface area (Å²) in [5.74, 6) is 1.53. The van der Waals surface area contributed by atoms with Crippen LogP contribution in [0, 0.1) is 5.92 Å². The summed E-state index contributed by atoms with van der Waals surface area (Å²) in [5.41, 5.74) is 7.72. The minimum atomic E-state index is 0.441. The van der Waals surface area contributed by atoms with E-state index in [0.29, 0.717) is 12.0 Å². The number of nitrogens with one attached hydrogen (secondary N) is 1. The van der Waals surface area contributed by atoms with Gasteiger partial charge in [-0.25, -0.2) is 0 Å². The van der Waals surface area contributed by atoms with Crippen LogP contribution in [0.4, 0.5) is 11.4 Å². The average Bonchev–Trinajstić information content (AvgIpc) is 2.37. The molecule has 1 unspecified atom stereocenters. The van der Waals surface area contributed by atoms with Crippen molar-refractivity contribution >= 4 is 11.4 Å². The minimum Gasteiger partial charge on any atom is -0.493 e. The molecule has 1 aromatic rings. The Morgan fingerprint density at radius 1 is 1.16 bits per heavy atom. The van der Waals surface area contributed by atoms with Crippen LogP contribution < -0.4 is 15.8 Å². The van der Waals surface area contributed by atoms with Gasteiger partial charge in [0.2, 0.25) is 0 Å². The first-order valence-corrected chi connectivity index (χ1v) is 7.40. The number of hydrogen-bond donors (Lipinski definition) is 2. The first-order valence-electron chi connectivity index (χ1n) is 7.40. The molecule has 3 nitrogen and oxygen atoms in total. The molecule has 108 valence electrons. The molecular weight excluding hydrogens is 236 g/mol. The highest BCUT2D eigenvalue weighted by Crippen LogP contribution is 2.25. The summed E-state index contributed by atoms with van der Waals surface area (Å²) >= 11 is 0. The fourth-order valence-corrected chi connectivity index (χ4v) is 2.39. The monoisotopic (exact) mass is 264 g/mol. The number of nitrogen functional groups attached to an aromatic ring is 1. The molecule has 0 aliphatic rings. The lowest BCUT2D eigenvalue weighted by molar-refractivity contribution is 0.317. The predicted octanol–water partition coefficient (Wildman–Crippen LogP) is 4.29. The molecule has 3 heteroatoms. The smallest absolute Gasteiger partial charge is 0.123 e. The van der Waals surface area contributed by atoms with Crippen molar-refractivity contribution in [2.45, 2.75) is 53.0 Å². The summed E-state index contributed by atoms with van der Waals surface area (Å²) in [6, 6.07) is 6.32. The topological polar surface area (TPSA) is 47.3 Å². The zero-order chi connectivity index (χ0) is 14.3. The van der Waals surface area contributed by atoms with Crippen LogP contribution in [0.2, 0.25) is 0 Å². The molecule has 0 spiro atoms. The van der Waals surface area contributed by atoms with Gasteiger partial charge in [0.25, 0.3) is 0 Å². The van der Waals surface area contributed by atoms with E-state index in [2.05, 4.69) is 33.0 Å². The Hall–Kier alpha value is -1.38. The largest absolute Gasteiger partial charge is 0.493 e. The number of hydrogen-bond acceptors (Lipinski definition) is 3. The second kappa shape index (κ2) is 7.93. The fraction of sp³-hybridized carbons (Fsp3) is 0.625. The summed E-state index contributed by atoms with van der Waals surface area (Å²) in [4.78, 5) is 0. The Kier molecular flexibility index (Phi) is 6.54. The molecule has 0 aliphatic heterocycles. The van der Waals surface area contributed by atoms with E-state index < -0.39 is 0 Å². The molecule has 0 radical (unpaired) electrons. The summed E-state index contributed by atoms with van der Waals surface area (Å²) in [7, 11) is 0. The maximum atomic E-state index is 5.93. The van der Waals surface area contributed by atoms with Crippen molar-refractivity contribution in [3.8, 4) is 5.75 Å². The van der Waals surface area contributed by atoms with E-state index in [4.69, 9.17) is 10.5 Å². The molecule has 1 atom stereocenters. The van der Waals surface area contributed by atoms with Gasteiger partial charge >= 0.3 is 0 Å². The number of ether oxygens (including phenoxy) is 1. The first kappa shape index (κ1) is 15.7. The van der Waals surface area contributed by atoms with Gasteiger partial charge in [0.1, 0.15) is 5.75 Å². The van der Waals surface area contributed by atoms with Gasteiger partial charge in [0.15, 0.2) is 0 Å². The van der Waals surface area contributed by atoms with Crippen molar-refractivity contribution in [2.75, 3.05) is 17.7 Å². The standard InChI is InChI=1S/C16H28N2O/c1-5-8-19-16-10-14(17)9-15(11-16)18-12(4)13(6-2)7-3/h9-13,18H,5-8,17H2,1-4H3. The minimum absolute atomic E-state index is 0.441. The number of anilines is 2. The van der Waals surface area contributed by atoms with Gasteiger partial charge in [-0.05, 0) is 25.3 Å². The Morgan fingerprint density at radius 2 is 1.84 bits per heavy atom. The van der Waals surface area contributed by atoms with E-state index >= 15 is 0 Å². The van der Waals surface area contributed by atoms with E-state index in [1.54, 1.807) is 0 Å². The quantitative estimate of drug-likeness (QED) is 0.688. The van der Waals surface area contributed by atoms with Crippen molar-refractivity contribution in [3.05, 3.63) is 18.2 Å². The molecule has 0 amide bonds. The van der Waals surface area contributed by atoms with E-state index in [0.717, 1.165) is 30.2 Å². The Balaban J connectivity index is 2.74. The molecule has 1 aromatic carbocycles. The molecule has 0 heterocycles. The van der Waals surface area contributed by atoms with Gasteiger partial charge in [-0.1, -0.05) is 33.6 Å². The Morgan fingerprint density at radius 3 is 2.42 bits per heavy atom. The third-order valence-corrected chi connectivity index (χ3v) is 3.55. The van der Waals surface area contributed by atoms with Crippen LogP contribution in [0.5, 0.6) is 5.75 Å². The molecule has 0 aliphatic carbocycles. The highest BCUT2D eigenvalue weighted by Gasteiger charge is 2.13. The molecule has 1 rings (SSSR count). The predicted molar refractivity (Wildman–Crippen MR) is 83.8 cm³/mol. The molecule has 19 heavy (non-hydrogen) atoms. The molecule has 0 saturated carbocycles. The van der Waals surface area contributed by atoms with Crippen molar-refractivity contribution in [1.82, 2.24) is 0 Å². The van der Waals surface area contributed by atoms with E-state index in [-0.39, 0.29) is 0 Å². The van der Waals surface area contributed by atoms with Gasteiger partial charge < -0.3 is 15.8 Å². The summed E-state index contributed by atoms with van der Waals surface area (Å²) < 4.78 is 5.65. The first-order chi connectivity index (χ1) is 9.10. The summed E-state index contributed by atoms with van der Waals surface area (Å²) in [6.45, 7) is 9.53. The lowest BCUT2D eigenvalue weighted by atomic mass is 9.95. The molecule has 0 aromatic heterocycles. The van der Waals surface area contributed by atoms with Gasteiger partial charge in [-0.3, -0.25) is 0 Å². The third-order valence-electron chi connectivity index (χ3n) is 3.55. The normalized spacial score (nSPS) is 12.5. The lowest BCUT2D eigenvalue weighted by Crippen LogP contribution is -2.25. The van der Waals surface area contributed by atoms with Crippen LogP contribution in [0.15, 0.2) is 18.2 Å². The highest BCUT2D eigenvalue weighted by molar-refractivity contribution is 5.59. The molecule has 0 fully saturated rings. The van der Waals surface area contributed by atoms with Crippen molar-refractivity contribution in [1.29, 1.82) is 0 Å². The van der Waals surface area contributed by atoms with Crippen LogP contribution in [0.25, 0.3) is 0 Å². The van der Waals surface area contributed by atoms with E-state index in [1.165, 1.54) is 12.8 Å². The van der Waals surface area contributed by atoms with E-state index in [9.17, 15) is 0 Å². The lowest BCUT2D eigenvalue weighted by Gasteiger charge is -2.24. The second-order valence-electron chi connectivity index (χ2n) is 5.15. The van der Waals surface area contributed by atoms with Crippen LogP contribution in [0.3, 0.4) is 0 Å². The van der Waals surface area contributed by atoms with E-state index in [1.807, 2.05) is 18.2 Å². The fourth-order valence-electron chi connectivity index (χ4n) is 2.39. The maximum absolute atomic E-state index is 5.93. The maximum Gasteiger partial charge on any atom is 0.123 e. The van der Waals surface area contributed by atoms with Crippen LogP contribution in [0.1, 0.15) is 47.0 Å². The van der Waals surface area contributed by atoms with Gasteiger partial charge in [0, 0.05) is 29.5 Å². The highest BCUT2D eigenvalue weighted by atomic mass is 16.5. The second-order valence-corrected chi connectivity index (χ2v) is 5.15. The van der Waals surface area contributed by atoms with Crippen LogP contribution >= 0.6 is 0 Å². The summed E-state index contributed by atoms with van der Waals surface area (Å²) in [5, 5.41) is 3.54. The van der Waals surface area contributed by atoms with Crippen LogP contribution in [-0.4, -0.2) is 12.6 Å². The van der Waals surface area contributed by atoms with Gasteiger partial charge in [0.05, 0.1) is 6.61 Å². The average molecular weight is 264 g/mol. The van der Waals surface area contributed by atoms with Crippen molar-refractivity contribution in [3.63, 3.8) is 0 Å². The molecule has 0 bridgehead atoms. The number of nitrogens with two attached hydrogens (primary N) is 1. The zero-order valence-corrected chi connectivity index (χ0v) is 12.7. The van der Waals surface area contributed by atoms with Crippen LogP contribution in [-0.2, 0) is 0 Å². The van der Waals surface area contributed by atoms with Crippen molar-refractivity contribution < 1.29 is 4.74 Å². The molecule has 3 N–H and O–H groups in total. The Bertz CT molecular complexity index is 375. The van der Waals surface area contributed by atoms with Gasteiger partial charge in [-0.15, -0.1) is 0 Å². The van der Waals surface area contributed by atoms with Gasteiger partial charge in [-0.2, -0.15) is 0 Å². The zero-order valence-electron chi connectivity index (χ0n) is 12.7. The van der Waals surface area contributed by atoms with Crippen molar-refractivity contribution in [2.24, 2.45) is 5.92 Å².